The van der Waals surface area contributed by atoms with E-state index < -0.39 is 0 Å². The lowest BCUT2D eigenvalue weighted by Gasteiger charge is -2.26. The summed E-state index contributed by atoms with van der Waals surface area (Å²) in [6, 6.07) is 0.161. The molecule has 2 atom stereocenters. The zero-order valence-corrected chi connectivity index (χ0v) is 8.54. The fourth-order valence-electron chi connectivity index (χ4n) is 1.44. The van der Waals surface area contributed by atoms with Gasteiger partial charge in [-0.15, -0.1) is 0 Å². The van der Waals surface area contributed by atoms with Crippen molar-refractivity contribution in [3.63, 3.8) is 0 Å². The number of hydrogen-bond acceptors (Lipinski definition) is 3. The monoisotopic (exact) mass is 186 g/mol. The molecule has 1 heterocycles. The van der Waals surface area contributed by atoms with Crippen molar-refractivity contribution in [1.29, 1.82) is 0 Å². The quantitative estimate of drug-likeness (QED) is 0.666. The largest absolute Gasteiger partial charge is 0.379 e. The molecule has 0 aromatic rings. The van der Waals surface area contributed by atoms with Gasteiger partial charge in [0.15, 0.2) is 0 Å². The van der Waals surface area contributed by atoms with Crippen LogP contribution in [0, 0.1) is 0 Å². The summed E-state index contributed by atoms with van der Waals surface area (Å²) in [7, 11) is 3.64. The van der Waals surface area contributed by atoms with Crippen molar-refractivity contribution in [3.8, 4) is 0 Å². The SMILES string of the molecule is CNC(C)C(=O)N(C)C1CCOC1. The molecule has 1 aliphatic heterocycles. The second-order valence-corrected chi connectivity index (χ2v) is 3.48. The van der Waals surface area contributed by atoms with Crippen LogP contribution in [0.25, 0.3) is 0 Å². The first-order valence-corrected chi connectivity index (χ1v) is 4.68. The van der Waals surface area contributed by atoms with E-state index in [-0.39, 0.29) is 18.0 Å². The van der Waals surface area contributed by atoms with E-state index in [1.165, 1.54) is 0 Å². The Morgan fingerprint density at radius 1 is 1.69 bits per heavy atom. The number of ether oxygens (including phenoxy) is 1. The average Bonchev–Trinajstić information content (AvgIpc) is 2.67. The van der Waals surface area contributed by atoms with Gasteiger partial charge in [0.1, 0.15) is 0 Å². The zero-order chi connectivity index (χ0) is 9.84. The Kier molecular flexibility index (Phi) is 3.69. The number of hydrogen-bond donors (Lipinski definition) is 1. The van der Waals surface area contributed by atoms with Crippen molar-refractivity contribution in [2.24, 2.45) is 0 Å². The van der Waals surface area contributed by atoms with E-state index >= 15 is 0 Å². The standard InChI is InChI=1S/C9H18N2O2/c1-7(10-2)9(12)11(3)8-4-5-13-6-8/h7-8,10H,4-6H2,1-3H3. The van der Waals surface area contributed by atoms with Crippen LogP contribution in [-0.2, 0) is 9.53 Å². The first-order chi connectivity index (χ1) is 6.16. The molecule has 1 saturated heterocycles. The third-order valence-corrected chi connectivity index (χ3v) is 2.60. The fraction of sp³-hybridized carbons (Fsp3) is 0.889. The van der Waals surface area contributed by atoms with Gasteiger partial charge in [-0.1, -0.05) is 0 Å². The van der Waals surface area contributed by atoms with Crippen LogP contribution >= 0.6 is 0 Å². The molecule has 13 heavy (non-hydrogen) atoms. The van der Waals surface area contributed by atoms with Gasteiger partial charge < -0.3 is 15.0 Å². The second-order valence-electron chi connectivity index (χ2n) is 3.48. The minimum absolute atomic E-state index is 0.106. The highest BCUT2D eigenvalue weighted by atomic mass is 16.5. The van der Waals surface area contributed by atoms with Crippen molar-refractivity contribution in [3.05, 3.63) is 0 Å². The molecule has 1 amide bonds. The summed E-state index contributed by atoms with van der Waals surface area (Å²) in [5.74, 6) is 0.137. The van der Waals surface area contributed by atoms with Crippen LogP contribution in [-0.4, -0.2) is 50.2 Å². The summed E-state index contributed by atoms with van der Waals surface area (Å²) < 4.78 is 5.23. The number of carbonyl (C=O) groups excluding carboxylic acids is 1. The minimum Gasteiger partial charge on any atom is -0.379 e. The number of likely N-dealkylation sites (N-methyl/N-ethyl adjacent to an activating group) is 2. The third kappa shape index (κ3) is 2.42. The van der Waals surface area contributed by atoms with Crippen molar-refractivity contribution in [2.75, 3.05) is 27.3 Å². The number of nitrogens with zero attached hydrogens (tertiary/aromatic N) is 1. The minimum atomic E-state index is -0.106. The molecular weight excluding hydrogens is 168 g/mol. The van der Waals surface area contributed by atoms with E-state index in [1.807, 2.05) is 14.0 Å². The molecule has 4 nitrogen and oxygen atoms in total. The van der Waals surface area contributed by atoms with Crippen LogP contribution < -0.4 is 5.32 Å². The summed E-state index contributed by atoms with van der Waals surface area (Å²) >= 11 is 0. The van der Waals surface area contributed by atoms with Crippen LogP contribution in [0.2, 0.25) is 0 Å². The van der Waals surface area contributed by atoms with Crippen LogP contribution in [0.15, 0.2) is 0 Å². The lowest BCUT2D eigenvalue weighted by molar-refractivity contribution is -0.133. The summed E-state index contributed by atoms with van der Waals surface area (Å²) in [5.41, 5.74) is 0. The fourth-order valence-corrected chi connectivity index (χ4v) is 1.44. The molecule has 1 rings (SSSR count). The van der Waals surface area contributed by atoms with E-state index in [0.717, 1.165) is 13.0 Å². The number of rotatable bonds is 3. The second kappa shape index (κ2) is 4.58. The first kappa shape index (κ1) is 10.5. The van der Waals surface area contributed by atoms with Crippen LogP contribution in [0.4, 0.5) is 0 Å². The Balaban J connectivity index is 2.45. The molecule has 0 aromatic carbocycles. The van der Waals surface area contributed by atoms with Gasteiger partial charge in [-0.05, 0) is 20.4 Å². The van der Waals surface area contributed by atoms with E-state index in [1.54, 1.807) is 11.9 Å². The van der Waals surface area contributed by atoms with Gasteiger partial charge in [-0.3, -0.25) is 4.79 Å². The molecule has 76 valence electrons. The van der Waals surface area contributed by atoms with Crippen molar-refractivity contribution in [2.45, 2.75) is 25.4 Å². The lowest BCUT2D eigenvalue weighted by Crippen LogP contribution is -2.46. The summed E-state index contributed by atoms with van der Waals surface area (Å²) in [5, 5.41) is 2.94. The van der Waals surface area contributed by atoms with Gasteiger partial charge in [-0.2, -0.15) is 0 Å². The van der Waals surface area contributed by atoms with E-state index in [0.29, 0.717) is 6.61 Å². The Bertz CT molecular complexity index is 178. The molecule has 0 aliphatic carbocycles. The maximum absolute atomic E-state index is 11.7. The topological polar surface area (TPSA) is 41.6 Å². The molecule has 0 spiro atoms. The molecule has 0 bridgehead atoms. The number of amides is 1. The molecule has 4 heteroatoms. The predicted octanol–water partition coefficient (Wildman–Crippen LogP) is -0.158. The normalized spacial score (nSPS) is 24.4. The Morgan fingerprint density at radius 3 is 2.85 bits per heavy atom. The number of carbonyl (C=O) groups is 1. The van der Waals surface area contributed by atoms with Crippen molar-refractivity contribution in [1.82, 2.24) is 10.2 Å². The Hall–Kier alpha value is -0.610. The smallest absolute Gasteiger partial charge is 0.239 e. The van der Waals surface area contributed by atoms with Crippen molar-refractivity contribution >= 4 is 5.91 Å². The van der Waals surface area contributed by atoms with Gasteiger partial charge in [0.2, 0.25) is 5.91 Å². The van der Waals surface area contributed by atoms with Gasteiger partial charge >= 0.3 is 0 Å². The van der Waals surface area contributed by atoms with E-state index in [2.05, 4.69) is 5.32 Å². The molecule has 1 aliphatic rings. The van der Waals surface area contributed by atoms with Gasteiger partial charge in [-0.25, -0.2) is 0 Å². The summed E-state index contributed by atoms with van der Waals surface area (Å²) in [6.07, 6.45) is 0.957. The first-order valence-electron chi connectivity index (χ1n) is 4.68. The molecule has 2 unspecified atom stereocenters. The highest BCUT2D eigenvalue weighted by Crippen LogP contribution is 2.11. The molecule has 0 radical (unpaired) electrons. The molecule has 1 N–H and O–H groups in total. The van der Waals surface area contributed by atoms with E-state index in [4.69, 9.17) is 4.74 Å². The molecule has 1 fully saturated rings. The van der Waals surface area contributed by atoms with Crippen LogP contribution in [0.5, 0.6) is 0 Å². The lowest BCUT2D eigenvalue weighted by atomic mass is 10.2. The summed E-state index contributed by atoms with van der Waals surface area (Å²) in [4.78, 5) is 13.5. The highest BCUT2D eigenvalue weighted by molar-refractivity contribution is 5.81. The van der Waals surface area contributed by atoms with E-state index in [9.17, 15) is 4.79 Å². The highest BCUT2D eigenvalue weighted by Gasteiger charge is 2.26. The summed E-state index contributed by atoms with van der Waals surface area (Å²) in [6.45, 7) is 3.32. The predicted molar refractivity (Wildman–Crippen MR) is 50.5 cm³/mol. The van der Waals surface area contributed by atoms with Gasteiger partial charge in [0.05, 0.1) is 18.7 Å². The van der Waals surface area contributed by atoms with Crippen LogP contribution in [0.3, 0.4) is 0 Å². The van der Waals surface area contributed by atoms with Gasteiger partial charge in [0, 0.05) is 13.7 Å². The zero-order valence-electron chi connectivity index (χ0n) is 8.54. The Morgan fingerprint density at radius 2 is 2.38 bits per heavy atom. The molecule has 0 saturated carbocycles. The maximum atomic E-state index is 11.7. The Labute approximate surface area is 79.2 Å². The molecule has 0 aromatic heterocycles. The number of nitrogens with one attached hydrogen (secondary N) is 1. The third-order valence-electron chi connectivity index (χ3n) is 2.60. The van der Waals surface area contributed by atoms with Crippen LogP contribution in [0.1, 0.15) is 13.3 Å². The molecular formula is C9H18N2O2. The van der Waals surface area contributed by atoms with Gasteiger partial charge in [0.25, 0.3) is 0 Å². The maximum Gasteiger partial charge on any atom is 0.239 e. The van der Waals surface area contributed by atoms with Crippen molar-refractivity contribution < 1.29 is 9.53 Å². The average molecular weight is 186 g/mol.